The van der Waals surface area contributed by atoms with Gasteiger partial charge in [0.05, 0.1) is 101 Å². The molecule has 17 rings (SSSR count). The Balaban J connectivity index is 0.000000148. The zero-order chi connectivity index (χ0) is 75.2. The maximum atomic E-state index is 13.8. The number of hydrogen-bond acceptors (Lipinski definition) is 22. The molecule has 0 bridgehead atoms. The number of hydrogen-bond donors (Lipinski definition) is 0. The van der Waals surface area contributed by atoms with Crippen molar-refractivity contribution >= 4 is 82.1 Å². The second-order valence-corrected chi connectivity index (χ2v) is 30.8. The molecule has 13 heterocycles. The van der Waals surface area contributed by atoms with Crippen LogP contribution in [0.3, 0.4) is 0 Å². The van der Waals surface area contributed by atoms with E-state index in [1.807, 2.05) is 63.4 Å². The maximum Gasteiger partial charge on any atom is 0.496 e. The van der Waals surface area contributed by atoms with Crippen LogP contribution in [0.2, 0.25) is 5.15 Å². The molecule has 0 radical (unpaired) electrons. The molecule has 9 aliphatic rings. The van der Waals surface area contributed by atoms with Crippen molar-refractivity contribution in [2.45, 2.75) is 138 Å². The van der Waals surface area contributed by atoms with Crippen molar-refractivity contribution < 1.29 is 32.6 Å². The zero-order valence-electron chi connectivity index (χ0n) is 63.3. The molecule has 590 valence electrons. The molecular formula is C85H110BCl2FN16O6. The van der Waals surface area contributed by atoms with Crippen LogP contribution in [0.15, 0.2) is 123 Å². The molecule has 0 N–H and O–H groups in total. The Labute approximate surface area is 666 Å². The number of anilines is 4. The number of allylic oxidation sites excluding steroid dienone is 4. The Kier molecular flexibility index (Phi) is 30.4. The van der Waals surface area contributed by atoms with E-state index >= 15 is 0 Å². The van der Waals surface area contributed by atoms with E-state index in [-0.39, 0.29) is 46.4 Å². The van der Waals surface area contributed by atoms with E-state index in [1.165, 1.54) is 11.1 Å². The predicted octanol–water partition coefficient (Wildman–Crippen LogP) is 15.6. The topological polar surface area (TPSA) is 223 Å². The third-order valence-electron chi connectivity index (χ3n) is 21.6. The van der Waals surface area contributed by atoms with E-state index in [4.69, 9.17) is 66.4 Å². The van der Waals surface area contributed by atoms with Crippen molar-refractivity contribution in [2.75, 3.05) is 127 Å². The molecule has 0 amide bonds. The van der Waals surface area contributed by atoms with Crippen molar-refractivity contribution in [3.05, 3.63) is 173 Å². The van der Waals surface area contributed by atoms with Gasteiger partial charge in [0.2, 0.25) is 0 Å². The lowest BCUT2D eigenvalue weighted by Crippen LogP contribution is -2.41. The van der Waals surface area contributed by atoms with Crippen molar-refractivity contribution in [1.82, 2.24) is 59.8 Å². The first-order valence-electron chi connectivity index (χ1n) is 37.8. The van der Waals surface area contributed by atoms with Gasteiger partial charge in [0.1, 0.15) is 34.3 Å². The highest BCUT2D eigenvalue weighted by Crippen LogP contribution is 2.38. The van der Waals surface area contributed by atoms with E-state index < -0.39 is 0 Å². The number of ether oxygens (including phenoxy) is 4. The van der Waals surface area contributed by atoms with Gasteiger partial charge < -0.3 is 47.9 Å². The molecule has 26 heteroatoms. The zero-order valence-corrected chi connectivity index (χ0v) is 64.8. The van der Waals surface area contributed by atoms with Crippen molar-refractivity contribution in [1.29, 1.82) is 0 Å². The molecule has 0 atom stereocenters. The van der Waals surface area contributed by atoms with Crippen LogP contribution in [0.4, 0.5) is 27.7 Å². The molecule has 8 aromatic rings. The summed E-state index contributed by atoms with van der Waals surface area (Å²) in [4.78, 5) is 62.2. The van der Waals surface area contributed by atoms with Gasteiger partial charge in [-0.2, -0.15) is 0 Å². The molecule has 5 fully saturated rings. The minimum atomic E-state index is -0.318. The Bertz CT molecular complexity index is 4360. The Hall–Kier alpha value is -8.59. The van der Waals surface area contributed by atoms with Crippen molar-refractivity contribution in [2.24, 2.45) is 23.7 Å². The summed E-state index contributed by atoms with van der Waals surface area (Å²) in [6.07, 6.45) is 45.5. The molecule has 22 nitrogen and oxygen atoms in total. The quantitative estimate of drug-likeness (QED) is 0.0820. The third kappa shape index (κ3) is 22.2. The van der Waals surface area contributed by atoms with Gasteiger partial charge in [-0.15, -0.1) is 0 Å². The van der Waals surface area contributed by atoms with E-state index in [0.29, 0.717) is 46.5 Å². The van der Waals surface area contributed by atoms with Gasteiger partial charge in [0.15, 0.2) is 0 Å². The fourth-order valence-electron chi connectivity index (χ4n) is 14.3. The van der Waals surface area contributed by atoms with Crippen LogP contribution in [0.25, 0.3) is 56.8 Å². The van der Waals surface area contributed by atoms with E-state index in [2.05, 4.69) is 149 Å². The van der Waals surface area contributed by atoms with E-state index in [9.17, 15) is 4.39 Å². The average molecular weight is 1550 g/mol. The van der Waals surface area contributed by atoms with E-state index in [0.717, 1.165) is 240 Å². The molecule has 0 unspecified atom stereocenters. The van der Waals surface area contributed by atoms with Crippen molar-refractivity contribution in [3.63, 3.8) is 0 Å². The minimum absolute atomic E-state index is 0. The first kappa shape index (κ1) is 84.9. The van der Waals surface area contributed by atoms with Crippen molar-refractivity contribution in [3.8, 4) is 33.8 Å². The molecule has 0 spiro atoms. The summed E-state index contributed by atoms with van der Waals surface area (Å²) in [5.74, 6) is 5.85. The second-order valence-electron chi connectivity index (χ2n) is 30.0. The van der Waals surface area contributed by atoms with Gasteiger partial charge in [-0.05, 0) is 138 Å². The maximum absolute atomic E-state index is 13.8. The normalized spacial score (nSPS) is 17.8. The molecule has 0 saturated carbocycles. The van der Waals surface area contributed by atoms with Crippen LogP contribution in [0, 0.1) is 23.7 Å². The molecule has 111 heavy (non-hydrogen) atoms. The highest BCUT2D eigenvalue weighted by molar-refractivity contribution is 6.62. The average Bonchev–Trinajstić information content (AvgIpc) is 1.63. The summed E-state index contributed by atoms with van der Waals surface area (Å²) in [7, 11) is 7.90. The van der Waals surface area contributed by atoms with Crippen LogP contribution in [-0.2, 0) is 53.9 Å². The lowest BCUT2D eigenvalue weighted by atomic mass is 9.79. The molecular weight excluding hydrogens is 1440 g/mol. The van der Waals surface area contributed by atoms with Crippen LogP contribution >= 0.6 is 23.2 Å². The summed E-state index contributed by atoms with van der Waals surface area (Å²) < 4.78 is 47.5. The molecule has 4 aliphatic carbocycles. The fraction of sp³-hybridized carbons (Fsp3) is 0.482. The number of halogens is 3. The Morgan fingerprint density at radius 2 is 0.766 bits per heavy atom. The first-order valence-corrected chi connectivity index (χ1v) is 38.6. The number of pyridine rings is 4. The Morgan fingerprint density at radius 3 is 1.19 bits per heavy atom. The van der Waals surface area contributed by atoms with E-state index in [1.54, 1.807) is 43.3 Å². The summed E-state index contributed by atoms with van der Waals surface area (Å²) in [6.45, 7) is 19.0. The monoisotopic (exact) mass is 1550 g/mol. The molecule has 5 aliphatic heterocycles. The fourth-order valence-corrected chi connectivity index (χ4v) is 14.7. The lowest BCUT2D eigenvalue weighted by Gasteiger charge is -2.32. The number of rotatable bonds is 16. The summed E-state index contributed by atoms with van der Waals surface area (Å²) in [5, 5.41) is 1.21. The standard InChI is InChI=1S/C19H21ClN4O.C19H21FN4O.C19H22N4O.C14H18BNO2.C11H16ClN3O.3CH4/c2*1-24(12-13-4-6-25-7-5-13)19-11-21-10-18(23-19)14-8-15-16(20)2-3-17(15)22-9-14;1-23(13-14-5-7-24-8-6-14)19-12-20-11-18(22-19)16-9-15-3-2-4-17(15)21-10-16;1-13(2)14(3,4)18-15(17-13)11-8-10-6-5-7-12(10)16-9-11;1-15(8-9-2-4-16-5-3-9)11-7-13-6-10(12)14-11;;;/h2*2,8-11,13H,3-7,12H2,1H3;2-3,9-12,14H,4-8,13H2,1H3;5-6,8-9H,7H2,1-4H3;6-7,9H,2-5,8H2,1H3;3*1H4. The second kappa shape index (κ2) is 39.7. The highest BCUT2D eigenvalue weighted by atomic mass is 35.5. The molecule has 8 aromatic heterocycles. The first-order chi connectivity index (χ1) is 52.3. The molecule has 5 saturated heterocycles. The highest BCUT2D eigenvalue weighted by Gasteiger charge is 2.52. The van der Waals surface area contributed by atoms with Gasteiger partial charge in [-0.3, -0.25) is 39.9 Å². The summed E-state index contributed by atoms with van der Waals surface area (Å²) >= 11 is 12.1. The minimum Gasteiger partial charge on any atom is -0.399 e. The molecule has 0 aromatic carbocycles. The van der Waals surface area contributed by atoms with Crippen LogP contribution in [0.1, 0.15) is 146 Å². The lowest BCUT2D eigenvalue weighted by molar-refractivity contribution is 0.00578. The van der Waals surface area contributed by atoms with Gasteiger partial charge in [0.25, 0.3) is 0 Å². The summed E-state index contributed by atoms with van der Waals surface area (Å²) in [5.41, 5.74) is 13.6. The van der Waals surface area contributed by atoms with Gasteiger partial charge in [-0.25, -0.2) is 24.3 Å². The van der Waals surface area contributed by atoms with Crippen LogP contribution < -0.4 is 25.1 Å². The Morgan fingerprint density at radius 1 is 0.414 bits per heavy atom. The number of aromatic nitrogens is 12. The largest absolute Gasteiger partial charge is 0.496 e. The smallest absolute Gasteiger partial charge is 0.399 e. The number of nitrogens with zero attached hydrogens (tertiary/aromatic N) is 16. The van der Waals surface area contributed by atoms with Gasteiger partial charge in [-0.1, -0.05) is 81.9 Å². The number of fused-ring (bicyclic) bond motifs is 4. The SMILES string of the molecule is C.C.C.CC1(C)OB(c2cnc3c(c2)C=CC3)OC1(C)C.CN(CC1CCOCC1)c1cncc(-c2cnc3c(c2)C(Cl)=CC3)n1.CN(CC1CCOCC1)c1cncc(-c2cnc3c(c2)C(F)=CC3)n1.CN(CC1CCOCC1)c1cncc(-c2cnc3c(c2)C=CC3)n1.CN(CC1CCOCC1)c1cncc(Cl)n1. The summed E-state index contributed by atoms with van der Waals surface area (Å²) in [6, 6.07) is 8.14. The van der Waals surface area contributed by atoms with Gasteiger partial charge in [0, 0.05) is 196 Å². The van der Waals surface area contributed by atoms with Crippen LogP contribution in [0.5, 0.6) is 0 Å². The third-order valence-corrected chi connectivity index (χ3v) is 22.1. The predicted molar refractivity (Wildman–Crippen MR) is 446 cm³/mol. The van der Waals surface area contributed by atoms with Gasteiger partial charge >= 0.3 is 7.12 Å². The van der Waals surface area contributed by atoms with Crippen LogP contribution in [-0.4, -0.2) is 185 Å².